The van der Waals surface area contributed by atoms with Crippen molar-refractivity contribution in [3.05, 3.63) is 58.7 Å². The van der Waals surface area contributed by atoms with Gasteiger partial charge in [0.05, 0.1) is 0 Å². The van der Waals surface area contributed by atoms with Gasteiger partial charge in [-0.15, -0.1) is 0 Å². The summed E-state index contributed by atoms with van der Waals surface area (Å²) < 4.78 is 10.4. The molecule has 0 aliphatic carbocycles. The molecule has 0 fully saturated rings. The van der Waals surface area contributed by atoms with Gasteiger partial charge in [0, 0.05) is 5.56 Å². The average Bonchev–Trinajstić information content (AvgIpc) is 3.02. The van der Waals surface area contributed by atoms with E-state index in [2.05, 4.69) is 15.6 Å². The molecular formula is C20H21N3O3. The van der Waals surface area contributed by atoms with Crippen molar-refractivity contribution in [2.45, 2.75) is 27.7 Å². The molecule has 0 atom stereocenters. The van der Waals surface area contributed by atoms with Gasteiger partial charge >= 0.3 is 0 Å². The number of hydrogen-bond donors (Lipinski definition) is 1. The Hall–Kier alpha value is -3.15. The monoisotopic (exact) mass is 351 g/mol. The van der Waals surface area contributed by atoms with Gasteiger partial charge in [0.15, 0.2) is 12.3 Å². The summed E-state index contributed by atoms with van der Waals surface area (Å²) in [5, 5.41) is 10.5. The van der Waals surface area contributed by atoms with Gasteiger partial charge in [0.2, 0.25) is 5.82 Å². The maximum atomic E-state index is 12.2. The van der Waals surface area contributed by atoms with Gasteiger partial charge < -0.3 is 10.1 Å². The third kappa shape index (κ3) is 4.08. The van der Waals surface area contributed by atoms with Crippen molar-refractivity contribution in [3.63, 3.8) is 0 Å². The summed E-state index contributed by atoms with van der Waals surface area (Å²) in [4.78, 5) is 12.2. The van der Waals surface area contributed by atoms with Crippen LogP contribution in [0.25, 0.3) is 11.3 Å². The molecule has 1 N–H and O–H groups in total. The lowest BCUT2D eigenvalue weighted by Crippen LogP contribution is -2.20. The number of ether oxygens (including phenoxy) is 1. The van der Waals surface area contributed by atoms with E-state index >= 15 is 0 Å². The van der Waals surface area contributed by atoms with Crippen LogP contribution in [0.4, 0.5) is 5.82 Å². The van der Waals surface area contributed by atoms with Crippen LogP contribution in [-0.4, -0.2) is 22.8 Å². The number of carbonyl (C=O) groups excluding carboxylic acids is 1. The highest BCUT2D eigenvalue weighted by atomic mass is 16.6. The summed E-state index contributed by atoms with van der Waals surface area (Å²) in [6, 6.07) is 11.8. The minimum absolute atomic E-state index is 0.123. The quantitative estimate of drug-likeness (QED) is 0.752. The summed E-state index contributed by atoms with van der Waals surface area (Å²) in [5.74, 6) is 0.616. The van der Waals surface area contributed by atoms with E-state index in [0.29, 0.717) is 11.4 Å². The Morgan fingerprint density at radius 3 is 2.46 bits per heavy atom. The SMILES string of the molecule is Cc1cc(C)cc(OCC(=O)Nc2nonc2-c2cc(C)ccc2C)c1. The highest BCUT2D eigenvalue weighted by molar-refractivity contribution is 5.94. The second-order valence-electron chi connectivity index (χ2n) is 6.44. The van der Waals surface area contributed by atoms with E-state index in [9.17, 15) is 4.79 Å². The first-order valence-corrected chi connectivity index (χ1v) is 8.33. The van der Waals surface area contributed by atoms with Crippen molar-refractivity contribution in [2.24, 2.45) is 0 Å². The number of hydrogen-bond acceptors (Lipinski definition) is 5. The molecule has 0 radical (unpaired) electrons. The summed E-state index contributed by atoms with van der Waals surface area (Å²) >= 11 is 0. The van der Waals surface area contributed by atoms with Crippen molar-refractivity contribution in [1.82, 2.24) is 10.3 Å². The van der Waals surface area contributed by atoms with E-state index in [0.717, 1.165) is 27.8 Å². The van der Waals surface area contributed by atoms with Gasteiger partial charge in [-0.1, -0.05) is 23.8 Å². The zero-order valence-electron chi connectivity index (χ0n) is 15.3. The number of aromatic nitrogens is 2. The van der Waals surface area contributed by atoms with Gasteiger partial charge in [-0.05, 0) is 72.9 Å². The maximum Gasteiger partial charge on any atom is 0.263 e. The van der Waals surface area contributed by atoms with Crippen molar-refractivity contribution >= 4 is 11.7 Å². The summed E-state index contributed by atoms with van der Waals surface area (Å²) in [6.07, 6.45) is 0. The Morgan fingerprint density at radius 2 is 1.73 bits per heavy atom. The van der Waals surface area contributed by atoms with Gasteiger partial charge in [-0.3, -0.25) is 4.79 Å². The summed E-state index contributed by atoms with van der Waals surface area (Å²) in [6.45, 7) is 7.81. The van der Waals surface area contributed by atoms with Crippen LogP contribution in [-0.2, 0) is 4.79 Å². The molecule has 0 aliphatic rings. The van der Waals surface area contributed by atoms with Crippen LogP contribution in [0, 0.1) is 27.7 Å². The predicted molar refractivity (Wildman–Crippen MR) is 99.2 cm³/mol. The third-order valence-electron chi connectivity index (χ3n) is 3.96. The van der Waals surface area contributed by atoms with Gasteiger partial charge in [0.1, 0.15) is 5.75 Å². The Kier molecular flexibility index (Phi) is 5.02. The lowest BCUT2D eigenvalue weighted by Gasteiger charge is -2.09. The average molecular weight is 351 g/mol. The number of rotatable bonds is 5. The summed E-state index contributed by atoms with van der Waals surface area (Å²) in [5.41, 5.74) is 5.65. The van der Waals surface area contributed by atoms with Gasteiger partial charge in [-0.25, -0.2) is 4.63 Å². The molecule has 0 saturated heterocycles. The Morgan fingerprint density at radius 1 is 1.00 bits per heavy atom. The Labute approximate surface area is 152 Å². The van der Waals surface area contributed by atoms with E-state index in [1.54, 1.807) is 0 Å². The molecule has 3 aromatic rings. The molecule has 6 nitrogen and oxygen atoms in total. The van der Waals surface area contributed by atoms with E-state index in [1.807, 2.05) is 64.1 Å². The number of aryl methyl sites for hydroxylation is 4. The lowest BCUT2D eigenvalue weighted by atomic mass is 10.0. The molecule has 0 bridgehead atoms. The van der Waals surface area contributed by atoms with Gasteiger partial charge in [-0.2, -0.15) is 0 Å². The molecule has 0 spiro atoms. The number of carbonyl (C=O) groups is 1. The first kappa shape index (κ1) is 17.7. The van der Waals surface area contributed by atoms with E-state index in [1.165, 1.54) is 0 Å². The highest BCUT2D eigenvalue weighted by Gasteiger charge is 2.17. The summed E-state index contributed by atoms with van der Waals surface area (Å²) in [7, 11) is 0. The fourth-order valence-electron chi connectivity index (χ4n) is 2.77. The molecule has 0 saturated carbocycles. The van der Waals surface area contributed by atoms with E-state index < -0.39 is 0 Å². The van der Waals surface area contributed by atoms with Crippen molar-refractivity contribution < 1.29 is 14.2 Å². The fourth-order valence-corrected chi connectivity index (χ4v) is 2.77. The molecule has 6 heteroatoms. The van der Waals surface area contributed by atoms with Crippen LogP contribution in [0.3, 0.4) is 0 Å². The van der Waals surface area contributed by atoms with Crippen LogP contribution < -0.4 is 10.1 Å². The van der Waals surface area contributed by atoms with Crippen LogP contribution in [0.1, 0.15) is 22.3 Å². The minimum Gasteiger partial charge on any atom is -0.484 e. The Balaban J connectivity index is 1.71. The second-order valence-corrected chi connectivity index (χ2v) is 6.44. The van der Waals surface area contributed by atoms with Crippen LogP contribution >= 0.6 is 0 Å². The topological polar surface area (TPSA) is 77.2 Å². The number of amides is 1. The number of anilines is 1. The first-order chi connectivity index (χ1) is 12.4. The van der Waals surface area contributed by atoms with E-state index in [-0.39, 0.29) is 18.3 Å². The molecule has 3 rings (SSSR count). The van der Waals surface area contributed by atoms with Crippen LogP contribution in [0.5, 0.6) is 5.75 Å². The molecule has 1 aromatic heterocycles. The molecule has 26 heavy (non-hydrogen) atoms. The Bertz CT molecular complexity index is 927. The minimum atomic E-state index is -0.327. The van der Waals surface area contributed by atoms with E-state index in [4.69, 9.17) is 9.37 Å². The molecule has 1 heterocycles. The van der Waals surface area contributed by atoms with Gasteiger partial charge in [0.25, 0.3) is 5.91 Å². The largest absolute Gasteiger partial charge is 0.484 e. The molecule has 1 amide bonds. The molecule has 134 valence electrons. The third-order valence-corrected chi connectivity index (χ3v) is 3.96. The highest BCUT2D eigenvalue weighted by Crippen LogP contribution is 2.28. The number of benzene rings is 2. The molecular weight excluding hydrogens is 330 g/mol. The van der Waals surface area contributed by atoms with Crippen LogP contribution in [0.2, 0.25) is 0 Å². The maximum absolute atomic E-state index is 12.2. The first-order valence-electron chi connectivity index (χ1n) is 8.33. The molecule has 0 aliphatic heterocycles. The van der Waals surface area contributed by atoms with Crippen LogP contribution in [0.15, 0.2) is 41.0 Å². The standard InChI is InChI=1S/C20H21N3O3/c1-12-5-6-15(4)17(10-12)19-20(23-26-22-19)21-18(24)11-25-16-8-13(2)7-14(3)9-16/h5-10H,11H2,1-4H3,(H,21,23,24). The van der Waals surface area contributed by atoms with Crippen molar-refractivity contribution in [2.75, 3.05) is 11.9 Å². The van der Waals surface area contributed by atoms with Crippen molar-refractivity contribution in [3.8, 4) is 17.0 Å². The predicted octanol–water partition coefficient (Wildman–Crippen LogP) is 3.99. The van der Waals surface area contributed by atoms with Crippen molar-refractivity contribution in [1.29, 1.82) is 0 Å². The lowest BCUT2D eigenvalue weighted by molar-refractivity contribution is -0.118. The number of nitrogens with one attached hydrogen (secondary N) is 1. The molecule has 0 unspecified atom stereocenters. The smallest absolute Gasteiger partial charge is 0.263 e. The molecule has 2 aromatic carbocycles. The zero-order chi connectivity index (χ0) is 18.7. The zero-order valence-corrected chi connectivity index (χ0v) is 15.3. The fraction of sp³-hybridized carbons (Fsp3) is 0.250. The number of nitrogens with zero attached hydrogens (tertiary/aromatic N) is 2. The normalized spacial score (nSPS) is 10.6. The second kappa shape index (κ2) is 7.39.